The highest BCUT2D eigenvalue weighted by Crippen LogP contribution is 2.24. The summed E-state index contributed by atoms with van der Waals surface area (Å²) in [5, 5.41) is 9.44. The molecular weight excluding hydrogens is 294 g/mol. The van der Waals surface area contributed by atoms with E-state index < -0.39 is 0 Å². The molecule has 1 heterocycles. The molecule has 0 unspecified atom stereocenters. The Labute approximate surface area is 136 Å². The smallest absolute Gasteiger partial charge is 0.221 e. The minimum Gasteiger partial charge on any atom is -0.326 e. The maximum absolute atomic E-state index is 11.1. The molecule has 0 radical (unpaired) electrons. The quantitative estimate of drug-likeness (QED) is 0.768. The van der Waals surface area contributed by atoms with Crippen molar-refractivity contribution in [3.63, 3.8) is 0 Å². The van der Waals surface area contributed by atoms with Crippen LogP contribution in [-0.4, -0.2) is 24.0 Å². The number of hydrogen-bond donors (Lipinski definition) is 2. The van der Waals surface area contributed by atoms with Crippen LogP contribution in [0.5, 0.6) is 0 Å². The lowest BCUT2D eigenvalue weighted by Crippen LogP contribution is -2.22. The molecule has 2 N–H and O–H groups in total. The van der Waals surface area contributed by atoms with Crippen molar-refractivity contribution in [1.82, 2.24) is 10.3 Å². The van der Waals surface area contributed by atoms with Crippen LogP contribution in [0.15, 0.2) is 29.6 Å². The topological polar surface area (TPSA) is 54.0 Å². The predicted octanol–water partition coefficient (Wildman–Crippen LogP) is 3.56. The van der Waals surface area contributed by atoms with Gasteiger partial charge in [0.15, 0.2) is 0 Å². The molecule has 0 atom stereocenters. The van der Waals surface area contributed by atoms with Crippen LogP contribution in [0.25, 0.3) is 11.3 Å². The van der Waals surface area contributed by atoms with Gasteiger partial charge < -0.3 is 10.6 Å². The van der Waals surface area contributed by atoms with E-state index in [-0.39, 0.29) is 5.91 Å². The molecule has 22 heavy (non-hydrogen) atoms. The Morgan fingerprint density at radius 3 is 2.91 bits per heavy atom. The van der Waals surface area contributed by atoms with Crippen LogP contribution in [0.2, 0.25) is 0 Å². The number of aromatic nitrogens is 1. The van der Waals surface area contributed by atoms with Gasteiger partial charge in [0, 0.05) is 36.5 Å². The molecule has 1 aromatic heterocycles. The monoisotopic (exact) mass is 317 g/mol. The average molecular weight is 317 g/mol. The first-order valence-electron chi connectivity index (χ1n) is 7.57. The van der Waals surface area contributed by atoms with Gasteiger partial charge in [0.05, 0.1) is 10.7 Å². The zero-order valence-electron chi connectivity index (χ0n) is 13.3. The van der Waals surface area contributed by atoms with E-state index >= 15 is 0 Å². The van der Waals surface area contributed by atoms with Crippen molar-refractivity contribution in [2.75, 3.05) is 18.4 Å². The molecular formula is C17H23N3OS. The number of carbonyl (C=O) groups excluding carboxylic acids is 1. The van der Waals surface area contributed by atoms with E-state index in [9.17, 15) is 4.79 Å². The maximum atomic E-state index is 11.1. The molecule has 0 bridgehead atoms. The molecule has 1 aromatic carbocycles. The Kier molecular flexibility index (Phi) is 6.10. The summed E-state index contributed by atoms with van der Waals surface area (Å²) in [4.78, 5) is 15.8. The van der Waals surface area contributed by atoms with Gasteiger partial charge in [-0.3, -0.25) is 4.79 Å². The predicted molar refractivity (Wildman–Crippen MR) is 93.3 cm³/mol. The van der Waals surface area contributed by atoms with E-state index in [1.165, 1.54) is 6.92 Å². The van der Waals surface area contributed by atoms with Crippen LogP contribution >= 0.6 is 11.3 Å². The summed E-state index contributed by atoms with van der Waals surface area (Å²) in [6, 6.07) is 7.79. The SMILES string of the molecule is CC(=O)Nc1cccc(-c2csc(CCNCC(C)C)n2)c1. The Morgan fingerprint density at radius 1 is 1.36 bits per heavy atom. The van der Waals surface area contributed by atoms with E-state index in [0.717, 1.165) is 41.5 Å². The number of amides is 1. The summed E-state index contributed by atoms with van der Waals surface area (Å²) in [6.07, 6.45) is 0.947. The van der Waals surface area contributed by atoms with Crippen LogP contribution in [0.1, 0.15) is 25.8 Å². The van der Waals surface area contributed by atoms with Crippen molar-refractivity contribution < 1.29 is 4.79 Å². The zero-order chi connectivity index (χ0) is 15.9. The highest BCUT2D eigenvalue weighted by molar-refractivity contribution is 7.09. The number of nitrogens with zero attached hydrogens (tertiary/aromatic N) is 1. The molecule has 5 heteroatoms. The van der Waals surface area contributed by atoms with Crippen molar-refractivity contribution in [2.45, 2.75) is 27.2 Å². The van der Waals surface area contributed by atoms with Crippen LogP contribution < -0.4 is 10.6 Å². The summed E-state index contributed by atoms with van der Waals surface area (Å²) < 4.78 is 0. The molecule has 0 aliphatic carbocycles. The lowest BCUT2D eigenvalue weighted by Gasteiger charge is -2.05. The van der Waals surface area contributed by atoms with Crippen molar-refractivity contribution in [3.8, 4) is 11.3 Å². The highest BCUT2D eigenvalue weighted by atomic mass is 32.1. The minimum absolute atomic E-state index is 0.0626. The molecule has 1 amide bonds. The van der Waals surface area contributed by atoms with E-state index in [4.69, 9.17) is 0 Å². The number of thiazole rings is 1. The fourth-order valence-corrected chi connectivity index (χ4v) is 2.91. The third kappa shape index (κ3) is 5.24. The Hall–Kier alpha value is -1.72. The van der Waals surface area contributed by atoms with Gasteiger partial charge in [0.25, 0.3) is 0 Å². The number of benzene rings is 1. The lowest BCUT2D eigenvalue weighted by atomic mass is 10.1. The normalized spacial score (nSPS) is 10.9. The number of rotatable bonds is 7. The van der Waals surface area contributed by atoms with Gasteiger partial charge >= 0.3 is 0 Å². The second-order valence-electron chi connectivity index (χ2n) is 5.74. The maximum Gasteiger partial charge on any atom is 0.221 e. The lowest BCUT2D eigenvalue weighted by molar-refractivity contribution is -0.114. The Morgan fingerprint density at radius 2 is 2.18 bits per heavy atom. The van der Waals surface area contributed by atoms with Crippen molar-refractivity contribution in [1.29, 1.82) is 0 Å². The summed E-state index contributed by atoms with van der Waals surface area (Å²) in [7, 11) is 0. The van der Waals surface area contributed by atoms with Crippen LogP contribution in [0, 0.1) is 5.92 Å². The molecule has 2 aromatic rings. The number of nitrogens with one attached hydrogen (secondary N) is 2. The van der Waals surface area contributed by atoms with Crippen molar-refractivity contribution in [3.05, 3.63) is 34.7 Å². The third-order valence-electron chi connectivity index (χ3n) is 3.10. The molecule has 0 saturated heterocycles. The van der Waals surface area contributed by atoms with Gasteiger partial charge in [-0.2, -0.15) is 0 Å². The van der Waals surface area contributed by atoms with E-state index in [0.29, 0.717) is 5.92 Å². The van der Waals surface area contributed by atoms with Gasteiger partial charge in [-0.05, 0) is 24.6 Å². The molecule has 2 rings (SSSR count). The standard InChI is InChI=1S/C17H23N3OS/c1-12(2)10-18-8-7-17-20-16(11-22-17)14-5-4-6-15(9-14)19-13(3)21/h4-6,9,11-12,18H,7-8,10H2,1-3H3,(H,19,21). The van der Waals surface area contributed by atoms with E-state index in [1.807, 2.05) is 24.3 Å². The number of hydrogen-bond acceptors (Lipinski definition) is 4. The van der Waals surface area contributed by atoms with Gasteiger partial charge in [0.1, 0.15) is 0 Å². The molecule has 0 saturated carbocycles. The first kappa shape index (κ1) is 16.6. The fourth-order valence-electron chi connectivity index (χ4n) is 2.10. The Balaban J connectivity index is 1.97. The molecule has 0 spiro atoms. The second-order valence-corrected chi connectivity index (χ2v) is 6.68. The molecule has 0 aliphatic heterocycles. The van der Waals surface area contributed by atoms with E-state index in [2.05, 4.69) is 34.8 Å². The van der Waals surface area contributed by atoms with Crippen molar-refractivity contribution in [2.24, 2.45) is 5.92 Å². The van der Waals surface area contributed by atoms with E-state index in [1.54, 1.807) is 11.3 Å². The fraction of sp³-hybridized carbons (Fsp3) is 0.412. The van der Waals surface area contributed by atoms with Gasteiger partial charge in [0.2, 0.25) is 5.91 Å². The summed E-state index contributed by atoms with van der Waals surface area (Å²) >= 11 is 1.68. The largest absolute Gasteiger partial charge is 0.326 e. The Bertz CT molecular complexity index is 622. The second kappa shape index (κ2) is 8.06. The van der Waals surface area contributed by atoms with Crippen LogP contribution in [0.4, 0.5) is 5.69 Å². The van der Waals surface area contributed by atoms with Gasteiger partial charge in [-0.1, -0.05) is 26.0 Å². The average Bonchev–Trinajstić information content (AvgIpc) is 2.92. The number of carbonyl (C=O) groups is 1. The molecule has 118 valence electrons. The first-order chi connectivity index (χ1) is 10.5. The summed E-state index contributed by atoms with van der Waals surface area (Å²) in [5.41, 5.74) is 2.80. The van der Waals surface area contributed by atoms with Gasteiger partial charge in [-0.25, -0.2) is 4.98 Å². The summed E-state index contributed by atoms with van der Waals surface area (Å²) in [6.45, 7) is 7.92. The molecule has 0 aliphatic rings. The third-order valence-corrected chi connectivity index (χ3v) is 4.01. The molecule has 4 nitrogen and oxygen atoms in total. The highest BCUT2D eigenvalue weighted by Gasteiger charge is 2.06. The summed E-state index contributed by atoms with van der Waals surface area (Å²) in [5.74, 6) is 0.607. The van der Waals surface area contributed by atoms with Crippen LogP contribution in [-0.2, 0) is 11.2 Å². The zero-order valence-corrected chi connectivity index (χ0v) is 14.2. The molecule has 0 fully saturated rings. The van der Waals surface area contributed by atoms with Crippen LogP contribution in [0.3, 0.4) is 0 Å². The van der Waals surface area contributed by atoms with Crippen molar-refractivity contribution >= 4 is 22.9 Å². The minimum atomic E-state index is -0.0626. The van der Waals surface area contributed by atoms with Gasteiger partial charge in [-0.15, -0.1) is 11.3 Å². The first-order valence-corrected chi connectivity index (χ1v) is 8.45. The number of anilines is 1.